The zero-order valence-electron chi connectivity index (χ0n) is 12.4. The Labute approximate surface area is 133 Å². The van der Waals surface area contributed by atoms with E-state index in [9.17, 15) is 9.59 Å². The number of hydrogen-bond acceptors (Lipinski definition) is 5. The molecule has 6 nitrogen and oxygen atoms in total. The maximum absolute atomic E-state index is 12.5. The van der Waals surface area contributed by atoms with Crippen molar-refractivity contribution in [1.82, 2.24) is 9.88 Å². The van der Waals surface area contributed by atoms with Gasteiger partial charge in [0.05, 0.1) is 18.6 Å². The summed E-state index contributed by atoms with van der Waals surface area (Å²) in [4.78, 5) is 29.5. The van der Waals surface area contributed by atoms with Crippen molar-refractivity contribution >= 4 is 23.2 Å². The van der Waals surface area contributed by atoms with Crippen molar-refractivity contribution in [3.8, 4) is 0 Å². The zero-order chi connectivity index (χ0) is 15.5. The summed E-state index contributed by atoms with van der Waals surface area (Å²) in [6.45, 7) is 1.47. The monoisotopic (exact) mass is 324 g/mol. The molecule has 1 amide bonds. The highest BCUT2D eigenvalue weighted by atomic mass is 32.1. The highest BCUT2D eigenvalue weighted by Crippen LogP contribution is 2.34. The molecule has 2 atom stereocenters. The van der Waals surface area contributed by atoms with Gasteiger partial charge in [-0.1, -0.05) is 0 Å². The van der Waals surface area contributed by atoms with Crippen LogP contribution < -0.4 is 0 Å². The van der Waals surface area contributed by atoms with Crippen LogP contribution in [0.3, 0.4) is 0 Å². The maximum Gasteiger partial charge on any atom is 0.355 e. The van der Waals surface area contributed by atoms with Crippen LogP contribution in [0.25, 0.3) is 0 Å². The number of carbonyl (C=O) groups excluding carboxylic acids is 1. The van der Waals surface area contributed by atoms with Crippen LogP contribution in [-0.4, -0.2) is 46.1 Å². The van der Waals surface area contributed by atoms with E-state index in [0.717, 1.165) is 50.3 Å². The molecule has 1 N–H and O–H groups in total. The first-order chi connectivity index (χ1) is 10.6. The lowest BCUT2D eigenvalue weighted by Gasteiger charge is -2.27. The van der Waals surface area contributed by atoms with Crippen molar-refractivity contribution in [3.63, 3.8) is 0 Å². The number of carbonyl (C=O) groups is 2. The minimum absolute atomic E-state index is 0.0355. The summed E-state index contributed by atoms with van der Waals surface area (Å²) >= 11 is 1.33. The number of carboxylic acid groups (broad SMARTS) is 1. The van der Waals surface area contributed by atoms with Crippen LogP contribution in [-0.2, 0) is 9.53 Å². The number of nitrogens with zero attached hydrogens (tertiary/aromatic N) is 2. The minimum atomic E-state index is -1.02. The van der Waals surface area contributed by atoms with E-state index in [2.05, 4.69) is 4.98 Å². The van der Waals surface area contributed by atoms with E-state index in [1.54, 1.807) is 5.38 Å². The van der Waals surface area contributed by atoms with Gasteiger partial charge in [0.1, 0.15) is 5.01 Å². The first-order valence-electron chi connectivity index (χ1n) is 7.75. The maximum atomic E-state index is 12.5. The second-order valence-electron chi connectivity index (χ2n) is 5.81. The smallest absolute Gasteiger partial charge is 0.355 e. The van der Waals surface area contributed by atoms with Gasteiger partial charge >= 0.3 is 5.97 Å². The summed E-state index contributed by atoms with van der Waals surface area (Å²) in [5.74, 6) is -0.921. The lowest BCUT2D eigenvalue weighted by atomic mass is 10.1. The number of aromatic nitrogens is 1. The van der Waals surface area contributed by atoms with Crippen LogP contribution in [0.1, 0.15) is 60.1 Å². The highest BCUT2D eigenvalue weighted by Gasteiger charge is 2.33. The molecule has 22 heavy (non-hydrogen) atoms. The van der Waals surface area contributed by atoms with Crippen LogP contribution in [0, 0.1) is 0 Å². The van der Waals surface area contributed by atoms with E-state index >= 15 is 0 Å². The van der Waals surface area contributed by atoms with E-state index < -0.39 is 5.97 Å². The molecular weight excluding hydrogens is 304 g/mol. The van der Waals surface area contributed by atoms with Crippen molar-refractivity contribution in [3.05, 3.63) is 16.1 Å². The Bertz CT molecular complexity index is 553. The SMILES string of the molecule is O=C(O)c1csc([C@@H]2CCCN2C(=O)C[C@H]2CCCCO2)n1. The van der Waals surface area contributed by atoms with E-state index in [1.165, 1.54) is 11.3 Å². The van der Waals surface area contributed by atoms with Crippen molar-refractivity contribution in [2.75, 3.05) is 13.2 Å². The molecule has 0 aromatic carbocycles. The number of likely N-dealkylation sites (tertiary alicyclic amines) is 1. The number of rotatable bonds is 4. The highest BCUT2D eigenvalue weighted by molar-refractivity contribution is 7.09. The van der Waals surface area contributed by atoms with Crippen molar-refractivity contribution in [2.24, 2.45) is 0 Å². The lowest BCUT2D eigenvalue weighted by molar-refractivity contribution is -0.136. The zero-order valence-corrected chi connectivity index (χ0v) is 13.2. The molecule has 0 saturated carbocycles. The Morgan fingerprint density at radius 2 is 2.23 bits per heavy atom. The van der Waals surface area contributed by atoms with E-state index in [-0.39, 0.29) is 23.7 Å². The standard InChI is InChI=1S/C15H20N2O4S/c18-13(8-10-4-1-2-7-21-10)17-6-3-5-12(17)14-16-11(9-22-14)15(19)20/h9-10,12H,1-8H2,(H,19,20)/t10-,12+/m1/s1. The molecule has 120 valence electrons. The molecule has 0 radical (unpaired) electrons. The van der Waals surface area contributed by atoms with Gasteiger partial charge in [0.15, 0.2) is 5.69 Å². The van der Waals surface area contributed by atoms with Crippen molar-refractivity contribution < 1.29 is 19.4 Å². The number of hydrogen-bond donors (Lipinski definition) is 1. The molecule has 0 unspecified atom stereocenters. The van der Waals surface area contributed by atoms with E-state index in [1.807, 2.05) is 4.90 Å². The fourth-order valence-electron chi connectivity index (χ4n) is 3.14. The normalized spacial score (nSPS) is 25.4. The largest absolute Gasteiger partial charge is 0.476 e. The van der Waals surface area contributed by atoms with Crippen LogP contribution in [0.2, 0.25) is 0 Å². The van der Waals surface area contributed by atoms with Gasteiger partial charge in [-0.15, -0.1) is 11.3 Å². The van der Waals surface area contributed by atoms with Gasteiger partial charge in [-0.2, -0.15) is 0 Å². The van der Waals surface area contributed by atoms with Crippen LogP contribution in [0.15, 0.2) is 5.38 Å². The van der Waals surface area contributed by atoms with E-state index in [4.69, 9.17) is 9.84 Å². The van der Waals surface area contributed by atoms with Crippen LogP contribution >= 0.6 is 11.3 Å². The Kier molecular flexibility index (Phi) is 4.73. The van der Waals surface area contributed by atoms with Gasteiger partial charge in [0.25, 0.3) is 0 Å². The Morgan fingerprint density at radius 3 is 2.91 bits per heavy atom. The molecule has 2 aliphatic rings. The number of amides is 1. The predicted octanol–water partition coefficient (Wildman–Crippen LogP) is 2.46. The molecule has 0 aliphatic carbocycles. The molecule has 2 aliphatic heterocycles. The molecule has 0 spiro atoms. The summed E-state index contributed by atoms with van der Waals surface area (Å²) in [5.41, 5.74) is 0.0647. The minimum Gasteiger partial charge on any atom is -0.476 e. The van der Waals surface area contributed by atoms with Crippen LogP contribution in [0.4, 0.5) is 0 Å². The predicted molar refractivity (Wildman–Crippen MR) is 81.0 cm³/mol. The Morgan fingerprint density at radius 1 is 1.36 bits per heavy atom. The molecular formula is C15H20N2O4S. The number of thiazole rings is 1. The number of carboxylic acids is 1. The molecule has 7 heteroatoms. The average molecular weight is 324 g/mol. The summed E-state index contributed by atoms with van der Waals surface area (Å²) in [7, 11) is 0. The molecule has 3 heterocycles. The van der Waals surface area contributed by atoms with Gasteiger partial charge in [0, 0.05) is 18.5 Å². The molecule has 2 saturated heterocycles. The molecule has 1 aromatic rings. The summed E-state index contributed by atoms with van der Waals surface area (Å²) in [5, 5.41) is 11.3. The molecule has 0 bridgehead atoms. The summed E-state index contributed by atoms with van der Waals surface area (Å²) in [6.07, 6.45) is 5.39. The second-order valence-corrected chi connectivity index (χ2v) is 6.70. The fraction of sp³-hybridized carbons (Fsp3) is 0.667. The fourth-order valence-corrected chi connectivity index (χ4v) is 4.08. The average Bonchev–Trinajstić information content (AvgIpc) is 3.17. The Balaban J connectivity index is 1.66. The summed E-state index contributed by atoms with van der Waals surface area (Å²) < 4.78 is 5.65. The number of aromatic carboxylic acids is 1. The van der Waals surface area contributed by atoms with Crippen molar-refractivity contribution in [2.45, 2.75) is 50.7 Å². The summed E-state index contributed by atoms with van der Waals surface area (Å²) in [6, 6.07) is -0.0748. The van der Waals surface area contributed by atoms with Crippen molar-refractivity contribution in [1.29, 1.82) is 0 Å². The lowest BCUT2D eigenvalue weighted by Crippen LogP contribution is -2.34. The first kappa shape index (κ1) is 15.4. The van der Waals surface area contributed by atoms with Gasteiger partial charge < -0.3 is 14.7 Å². The van der Waals surface area contributed by atoms with Crippen LogP contribution in [0.5, 0.6) is 0 Å². The third-order valence-corrected chi connectivity index (χ3v) is 5.22. The second kappa shape index (κ2) is 6.75. The molecule has 1 aromatic heterocycles. The van der Waals surface area contributed by atoms with E-state index in [0.29, 0.717) is 6.42 Å². The quantitative estimate of drug-likeness (QED) is 0.920. The first-order valence-corrected chi connectivity index (χ1v) is 8.63. The third-order valence-electron chi connectivity index (χ3n) is 4.28. The van der Waals surface area contributed by atoms with Gasteiger partial charge in [-0.25, -0.2) is 9.78 Å². The van der Waals surface area contributed by atoms with Gasteiger partial charge in [-0.3, -0.25) is 4.79 Å². The Hall–Kier alpha value is -1.47. The third kappa shape index (κ3) is 3.30. The van der Waals surface area contributed by atoms with Gasteiger partial charge in [-0.05, 0) is 32.1 Å². The molecule has 2 fully saturated rings. The number of ether oxygens (including phenoxy) is 1. The van der Waals surface area contributed by atoms with Gasteiger partial charge in [0.2, 0.25) is 5.91 Å². The topological polar surface area (TPSA) is 79.7 Å². The molecule has 3 rings (SSSR count).